The van der Waals surface area contributed by atoms with Gasteiger partial charge in [-0.1, -0.05) is 12.2 Å². The zero-order valence-electron chi connectivity index (χ0n) is 9.23. The smallest absolute Gasteiger partial charge is 0.332 e. The number of esters is 1. The van der Waals surface area contributed by atoms with E-state index in [2.05, 4.69) is 0 Å². The van der Waals surface area contributed by atoms with Gasteiger partial charge in [-0.15, -0.1) is 0 Å². The molecule has 1 aliphatic carbocycles. The highest BCUT2D eigenvalue weighted by Crippen LogP contribution is 2.42. The SMILES string of the molecule is CC=CCN(C=O)C1(C(=O)OCC)CC1. The second-order valence-corrected chi connectivity index (χ2v) is 3.58. The fourth-order valence-electron chi connectivity index (χ4n) is 1.53. The monoisotopic (exact) mass is 211 g/mol. The van der Waals surface area contributed by atoms with Crippen LogP contribution in [0.15, 0.2) is 12.2 Å². The van der Waals surface area contributed by atoms with Gasteiger partial charge in [-0.2, -0.15) is 0 Å². The van der Waals surface area contributed by atoms with E-state index in [4.69, 9.17) is 4.74 Å². The second-order valence-electron chi connectivity index (χ2n) is 3.58. The third kappa shape index (κ3) is 2.37. The Labute approximate surface area is 89.9 Å². The van der Waals surface area contributed by atoms with E-state index in [0.717, 1.165) is 6.41 Å². The summed E-state index contributed by atoms with van der Waals surface area (Å²) in [5.74, 6) is -0.276. The molecule has 1 amide bonds. The summed E-state index contributed by atoms with van der Waals surface area (Å²) in [6.07, 6.45) is 5.86. The van der Waals surface area contributed by atoms with Crippen molar-refractivity contribution >= 4 is 12.4 Å². The normalized spacial score (nSPS) is 17.5. The van der Waals surface area contributed by atoms with Crippen LogP contribution in [0.2, 0.25) is 0 Å². The fourth-order valence-corrected chi connectivity index (χ4v) is 1.53. The lowest BCUT2D eigenvalue weighted by Crippen LogP contribution is -2.43. The first-order chi connectivity index (χ1) is 7.21. The first-order valence-electron chi connectivity index (χ1n) is 5.21. The number of ether oxygens (including phenoxy) is 1. The quantitative estimate of drug-likeness (QED) is 0.376. The number of carbonyl (C=O) groups excluding carboxylic acids is 2. The van der Waals surface area contributed by atoms with Crippen LogP contribution < -0.4 is 0 Å². The average Bonchev–Trinajstić information content (AvgIpc) is 3.01. The summed E-state index contributed by atoms with van der Waals surface area (Å²) in [5.41, 5.74) is -0.669. The van der Waals surface area contributed by atoms with Gasteiger partial charge < -0.3 is 9.64 Å². The third-order valence-electron chi connectivity index (χ3n) is 2.59. The van der Waals surface area contributed by atoms with Gasteiger partial charge in [0.1, 0.15) is 5.54 Å². The zero-order valence-corrected chi connectivity index (χ0v) is 9.23. The molecule has 1 saturated carbocycles. The molecule has 0 aliphatic heterocycles. The Balaban J connectivity index is 2.65. The Morgan fingerprint density at radius 1 is 1.53 bits per heavy atom. The topological polar surface area (TPSA) is 46.6 Å². The van der Waals surface area contributed by atoms with Gasteiger partial charge in [-0.05, 0) is 26.7 Å². The minimum absolute atomic E-state index is 0.276. The minimum Gasteiger partial charge on any atom is -0.464 e. The van der Waals surface area contributed by atoms with Gasteiger partial charge in [0.15, 0.2) is 0 Å². The van der Waals surface area contributed by atoms with Crippen LogP contribution in [0, 0.1) is 0 Å². The van der Waals surface area contributed by atoms with Crippen molar-refractivity contribution in [2.75, 3.05) is 13.2 Å². The lowest BCUT2D eigenvalue weighted by atomic mass is 10.2. The Morgan fingerprint density at radius 2 is 2.20 bits per heavy atom. The maximum atomic E-state index is 11.6. The molecule has 0 bridgehead atoms. The first kappa shape index (κ1) is 11.8. The van der Waals surface area contributed by atoms with E-state index >= 15 is 0 Å². The van der Waals surface area contributed by atoms with Crippen LogP contribution in [0.4, 0.5) is 0 Å². The number of rotatable bonds is 6. The molecule has 0 unspecified atom stereocenters. The molecule has 0 N–H and O–H groups in total. The van der Waals surface area contributed by atoms with Gasteiger partial charge in [0.05, 0.1) is 6.61 Å². The molecule has 1 aliphatic rings. The van der Waals surface area contributed by atoms with Gasteiger partial charge in [0.2, 0.25) is 6.41 Å². The molecule has 0 aromatic rings. The van der Waals surface area contributed by atoms with Crippen LogP contribution in [0.3, 0.4) is 0 Å². The van der Waals surface area contributed by atoms with Crippen LogP contribution in [0.25, 0.3) is 0 Å². The predicted octanol–water partition coefficient (Wildman–Crippen LogP) is 1.12. The van der Waals surface area contributed by atoms with Crippen molar-refractivity contribution in [3.8, 4) is 0 Å². The highest BCUT2D eigenvalue weighted by Gasteiger charge is 2.55. The summed E-state index contributed by atoms with van der Waals surface area (Å²) in [5, 5.41) is 0. The molecule has 1 rings (SSSR count). The van der Waals surface area contributed by atoms with Gasteiger partial charge in [-0.25, -0.2) is 4.79 Å². The number of nitrogens with zero attached hydrogens (tertiary/aromatic N) is 1. The minimum atomic E-state index is -0.669. The summed E-state index contributed by atoms with van der Waals surface area (Å²) >= 11 is 0. The fraction of sp³-hybridized carbons (Fsp3) is 0.636. The molecule has 0 saturated heterocycles. The van der Waals surface area contributed by atoms with Gasteiger partial charge in [0, 0.05) is 6.54 Å². The molecular weight excluding hydrogens is 194 g/mol. The van der Waals surface area contributed by atoms with Crippen molar-refractivity contribution in [2.24, 2.45) is 0 Å². The van der Waals surface area contributed by atoms with Crippen molar-refractivity contribution in [2.45, 2.75) is 32.2 Å². The highest BCUT2D eigenvalue weighted by molar-refractivity contribution is 5.86. The lowest BCUT2D eigenvalue weighted by molar-refractivity contribution is -0.153. The molecular formula is C11H17NO3. The van der Waals surface area contributed by atoms with E-state index in [1.54, 1.807) is 6.92 Å². The van der Waals surface area contributed by atoms with Gasteiger partial charge >= 0.3 is 5.97 Å². The summed E-state index contributed by atoms with van der Waals surface area (Å²) < 4.78 is 4.97. The Bertz CT molecular complexity index is 269. The molecule has 0 aromatic carbocycles. The maximum absolute atomic E-state index is 11.6. The summed E-state index contributed by atoms with van der Waals surface area (Å²) in [6.45, 7) is 4.48. The van der Waals surface area contributed by atoms with Crippen LogP contribution in [-0.2, 0) is 14.3 Å². The molecule has 0 spiro atoms. The van der Waals surface area contributed by atoms with Crippen molar-refractivity contribution in [1.29, 1.82) is 0 Å². The van der Waals surface area contributed by atoms with Crippen molar-refractivity contribution in [3.05, 3.63) is 12.2 Å². The van der Waals surface area contributed by atoms with Gasteiger partial charge in [0.25, 0.3) is 0 Å². The molecule has 0 radical (unpaired) electrons. The van der Waals surface area contributed by atoms with Crippen LogP contribution in [0.5, 0.6) is 0 Å². The Kier molecular flexibility index (Phi) is 3.88. The molecule has 4 heteroatoms. The van der Waals surface area contributed by atoms with E-state index in [1.165, 1.54) is 4.90 Å². The largest absolute Gasteiger partial charge is 0.464 e. The lowest BCUT2D eigenvalue weighted by Gasteiger charge is -2.25. The Morgan fingerprint density at radius 3 is 2.60 bits per heavy atom. The number of hydrogen-bond donors (Lipinski definition) is 0. The average molecular weight is 211 g/mol. The van der Waals surface area contributed by atoms with E-state index in [1.807, 2.05) is 19.1 Å². The first-order valence-corrected chi connectivity index (χ1v) is 5.21. The molecule has 0 atom stereocenters. The van der Waals surface area contributed by atoms with E-state index in [9.17, 15) is 9.59 Å². The summed E-state index contributed by atoms with van der Waals surface area (Å²) in [6, 6.07) is 0. The molecule has 4 nitrogen and oxygen atoms in total. The predicted molar refractivity (Wildman–Crippen MR) is 56.2 cm³/mol. The number of allylic oxidation sites excluding steroid dienone is 1. The molecule has 84 valence electrons. The van der Waals surface area contributed by atoms with Gasteiger partial charge in [-0.3, -0.25) is 4.79 Å². The van der Waals surface area contributed by atoms with Crippen LogP contribution in [-0.4, -0.2) is 36.0 Å². The van der Waals surface area contributed by atoms with Crippen molar-refractivity contribution < 1.29 is 14.3 Å². The molecule has 1 fully saturated rings. The van der Waals surface area contributed by atoms with Crippen molar-refractivity contribution in [1.82, 2.24) is 4.90 Å². The van der Waals surface area contributed by atoms with E-state index < -0.39 is 5.54 Å². The molecule has 15 heavy (non-hydrogen) atoms. The van der Waals surface area contributed by atoms with Crippen LogP contribution >= 0.6 is 0 Å². The highest BCUT2D eigenvalue weighted by atomic mass is 16.5. The van der Waals surface area contributed by atoms with E-state index in [-0.39, 0.29) is 5.97 Å². The summed E-state index contributed by atoms with van der Waals surface area (Å²) in [4.78, 5) is 24.1. The summed E-state index contributed by atoms with van der Waals surface area (Å²) in [7, 11) is 0. The van der Waals surface area contributed by atoms with E-state index in [0.29, 0.717) is 26.0 Å². The maximum Gasteiger partial charge on any atom is 0.332 e. The van der Waals surface area contributed by atoms with Crippen LogP contribution in [0.1, 0.15) is 26.7 Å². The molecule has 0 heterocycles. The second kappa shape index (κ2) is 4.96. The van der Waals surface area contributed by atoms with Crippen molar-refractivity contribution in [3.63, 3.8) is 0 Å². The third-order valence-corrected chi connectivity index (χ3v) is 2.59. The Hall–Kier alpha value is -1.32. The zero-order chi connectivity index (χ0) is 11.3. The number of carbonyl (C=O) groups is 2. The molecule has 0 aromatic heterocycles. The standard InChI is InChI=1S/C11H17NO3/c1-3-5-8-12(9-13)11(6-7-11)10(14)15-4-2/h3,5,9H,4,6-8H2,1-2H3. The number of amides is 1. The number of hydrogen-bond acceptors (Lipinski definition) is 3.